The van der Waals surface area contributed by atoms with E-state index < -0.39 is 46.3 Å². The number of nitrogens with one attached hydrogen (secondary N) is 3. The number of nitrogens with two attached hydrogens (primary N) is 1. The molecule has 0 aliphatic rings. The van der Waals surface area contributed by atoms with E-state index in [1.807, 2.05) is 11.4 Å². The van der Waals surface area contributed by atoms with Gasteiger partial charge < -0.3 is 16.4 Å². The maximum atomic E-state index is 14.0. The van der Waals surface area contributed by atoms with Gasteiger partial charge in [0.2, 0.25) is 0 Å². The van der Waals surface area contributed by atoms with Crippen molar-refractivity contribution in [1.82, 2.24) is 20.2 Å². The highest BCUT2D eigenvalue weighted by atomic mass is 19.4. The molecule has 0 aliphatic heterocycles. The monoisotopic (exact) mass is 557 g/mol. The number of hydrogen-bond donors (Lipinski definition) is 4. The average molecular weight is 557 g/mol. The number of H-pyrrole nitrogens is 1. The predicted molar refractivity (Wildman–Crippen MR) is 135 cm³/mol. The number of carbonyl (C=O) groups excluding carboxylic acids is 1. The Morgan fingerprint density at radius 1 is 0.925 bits per heavy atom. The number of anilines is 3. The minimum Gasteiger partial charge on any atom is -0.382 e. The van der Waals surface area contributed by atoms with Gasteiger partial charge in [0.1, 0.15) is 17.3 Å². The van der Waals surface area contributed by atoms with E-state index in [0.717, 1.165) is 11.1 Å². The van der Waals surface area contributed by atoms with Crippen LogP contribution in [-0.2, 0) is 12.7 Å². The second-order valence-electron chi connectivity index (χ2n) is 8.60. The van der Waals surface area contributed by atoms with Crippen LogP contribution in [0.5, 0.6) is 0 Å². The summed E-state index contributed by atoms with van der Waals surface area (Å²) in [6.07, 6.45) is -2.69. The summed E-state index contributed by atoms with van der Waals surface area (Å²) < 4.78 is 81.2. The van der Waals surface area contributed by atoms with Crippen LogP contribution >= 0.6 is 0 Å². The summed E-state index contributed by atoms with van der Waals surface area (Å²) in [5.74, 6) is -5.37. The molecular weight excluding hydrogens is 540 g/mol. The maximum Gasteiger partial charge on any atom is 0.417 e. The Morgan fingerprint density at radius 2 is 1.62 bits per heavy atom. The summed E-state index contributed by atoms with van der Waals surface area (Å²) in [7, 11) is 0. The van der Waals surface area contributed by atoms with Gasteiger partial charge in [-0.3, -0.25) is 9.89 Å². The van der Waals surface area contributed by atoms with E-state index in [4.69, 9.17) is 5.73 Å². The summed E-state index contributed by atoms with van der Waals surface area (Å²) in [5, 5.41) is 11.9. The number of benzene rings is 2. The van der Waals surface area contributed by atoms with E-state index in [-0.39, 0.29) is 12.4 Å². The van der Waals surface area contributed by atoms with Crippen LogP contribution in [-0.4, -0.2) is 26.1 Å². The molecule has 0 bridgehead atoms. The molecule has 3 heterocycles. The summed E-state index contributed by atoms with van der Waals surface area (Å²) in [6.45, 7) is 0.0319. The molecule has 14 heteroatoms. The van der Waals surface area contributed by atoms with Gasteiger partial charge in [0.15, 0.2) is 23.1 Å². The van der Waals surface area contributed by atoms with E-state index in [0.29, 0.717) is 46.8 Å². The molecule has 0 unspecified atom stereocenters. The minimum absolute atomic E-state index is 0.0319. The standard InChI is InChI=1S/C26H17F6N7O/c27-16-7-19(28)21(20(29)8-16)37-25(40)18-6-15(26(30,31)32)11-36-23(18)34-9-12-1-3-13(4-2-12)14-5-17-22(33)38-39-24(17)35-10-14/h1-8,10-11H,9H2,(H,34,36)(H,37,40)(H3,33,35,38,39). The number of fused-ring (bicyclic) bond motifs is 1. The molecule has 0 aliphatic carbocycles. The van der Waals surface area contributed by atoms with Crippen LogP contribution in [0.25, 0.3) is 22.2 Å². The Bertz CT molecular complexity index is 1710. The lowest BCUT2D eigenvalue weighted by molar-refractivity contribution is -0.137. The first-order valence-electron chi connectivity index (χ1n) is 11.5. The summed E-state index contributed by atoms with van der Waals surface area (Å²) in [5.41, 5.74) is 5.71. The lowest BCUT2D eigenvalue weighted by Crippen LogP contribution is -2.19. The SMILES string of the molecule is Nc1n[nH]c2ncc(-c3ccc(CNc4ncc(C(F)(F)F)cc4C(=O)Nc4c(F)cc(F)cc4F)cc3)cc12. The largest absolute Gasteiger partial charge is 0.417 e. The van der Waals surface area contributed by atoms with Gasteiger partial charge in [-0.1, -0.05) is 24.3 Å². The molecule has 8 nitrogen and oxygen atoms in total. The van der Waals surface area contributed by atoms with Crippen molar-refractivity contribution in [3.05, 3.63) is 95.1 Å². The van der Waals surface area contributed by atoms with E-state index in [1.165, 1.54) is 0 Å². The third-order valence-electron chi connectivity index (χ3n) is 5.90. The van der Waals surface area contributed by atoms with E-state index >= 15 is 0 Å². The van der Waals surface area contributed by atoms with Gasteiger partial charge in [0, 0.05) is 36.6 Å². The van der Waals surface area contributed by atoms with Gasteiger partial charge >= 0.3 is 6.18 Å². The molecule has 0 saturated heterocycles. The Kier molecular flexibility index (Phi) is 6.75. The number of aromatic amines is 1. The molecule has 2 aromatic carbocycles. The number of halogens is 6. The molecule has 0 atom stereocenters. The smallest absolute Gasteiger partial charge is 0.382 e. The van der Waals surface area contributed by atoms with Crippen molar-refractivity contribution in [3.8, 4) is 11.1 Å². The predicted octanol–water partition coefficient (Wildman–Crippen LogP) is 5.90. The number of nitrogen functional groups attached to an aromatic ring is 1. The molecule has 204 valence electrons. The zero-order valence-corrected chi connectivity index (χ0v) is 20.1. The third kappa shape index (κ3) is 5.36. The van der Waals surface area contributed by atoms with Crippen molar-refractivity contribution < 1.29 is 31.1 Å². The van der Waals surface area contributed by atoms with Gasteiger partial charge in [0.05, 0.1) is 16.5 Å². The lowest BCUT2D eigenvalue weighted by atomic mass is 10.0. The van der Waals surface area contributed by atoms with Gasteiger partial charge in [-0.05, 0) is 23.3 Å². The first-order valence-corrected chi connectivity index (χ1v) is 11.5. The summed E-state index contributed by atoms with van der Waals surface area (Å²) in [6, 6.07) is 10.00. The molecule has 0 spiro atoms. The van der Waals surface area contributed by atoms with Crippen molar-refractivity contribution >= 4 is 34.3 Å². The van der Waals surface area contributed by atoms with Gasteiger partial charge in [-0.25, -0.2) is 23.1 Å². The molecule has 0 saturated carbocycles. The average Bonchev–Trinajstić information content (AvgIpc) is 3.29. The minimum atomic E-state index is -4.85. The van der Waals surface area contributed by atoms with Gasteiger partial charge in [-0.15, -0.1) is 0 Å². The summed E-state index contributed by atoms with van der Waals surface area (Å²) in [4.78, 5) is 20.8. The van der Waals surface area contributed by atoms with Crippen molar-refractivity contribution in [1.29, 1.82) is 0 Å². The van der Waals surface area contributed by atoms with Crippen molar-refractivity contribution in [2.45, 2.75) is 12.7 Å². The van der Waals surface area contributed by atoms with Crippen LogP contribution in [0.2, 0.25) is 0 Å². The molecule has 5 aromatic rings. The van der Waals surface area contributed by atoms with Crippen molar-refractivity contribution in [3.63, 3.8) is 0 Å². The number of alkyl halides is 3. The zero-order valence-electron chi connectivity index (χ0n) is 20.1. The molecule has 1 amide bonds. The highest BCUT2D eigenvalue weighted by molar-refractivity contribution is 6.07. The number of carbonyl (C=O) groups is 1. The molecule has 5 rings (SSSR count). The molecule has 3 aromatic heterocycles. The molecular formula is C26H17F6N7O. The van der Waals surface area contributed by atoms with Crippen LogP contribution < -0.4 is 16.4 Å². The zero-order chi connectivity index (χ0) is 28.6. The lowest BCUT2D eigenvalue weighted by Gasteiger charge is -2.15. The van der Waals surface area contributed by atoms with Crippen LogP contribution in [0.15, 0.2) is 60.9 Å². The molecule has 5 N–H and O–H groups in total. The Labute approximate surface area is 221 Å². The van der Waals surface area contributed by atoms with Crippen LogP contribution in [0.1, 0.15) is 21.5 Å². The highest BCUT2D eigenvalue weighted by Gasteiger charge is 2.33. The topological polar surface area (TPSA) is 122 Å². The van der Waals surface area contributed by atoms with Crippen LogP contribution in [0.4, 0.5) is 43.7 Å². The summed E-state index contributed by atoms with van der Waals surface area (Å²) >= 11 is 0. The first kappa shape index (κ1) is 26.5. The number of hydrogen-bond acceptors (Lipinski definition) is 6. The number of aromatic nitrogens is 4. The Hall–Kier alpha value is -5.14. The van der Waals surface area contributed by atoms with Crippen LogP contribution in [0, 0.1) is 17.5 Å². The highest BCUT2D eigenvalue weighted by Crippen LogP contribution is 2.32. The number of nitrogens with zero attached hydrogens (tertiary/aromatic N) is 3. The van der Waals surface area contributed by atoms with Gasteiger partial charge in [0.25, 0.3) is 5.91 Å². The van der Waals surface area contributed by atoms with E-state index in [9.17, 15) is 31.1 Å². The Balaban J connectivity index is 1.38. The fourth-order valence-corrected chi connectivity index (χ4v) is 3.86. The van der Waals surface area contributed by atoms with Crippen molar-refractivity contribution in [2.75, 3.05) is 16.4 Å². The number of rotatable bonds is 6. The van der Waals surface area contributed by atoms with Crippen LogP contribution in [0.3, 0.4) is 0 Å². The quantitative estimate of drug-likeness (QED) is 0.193. The molecule has 0 fully saturated rings. The molecule has 40 heavy (non-hydrogen) atoms. The van der Waals surface area contributed by atoms with E-state index in [1.54, 1.807) is 30.5 Å². The second kappa shape index (κ2) is 10.2. The Morgan fingerprint density at radius 3 is 2.30 bits per heavy atom. The molecule has 0 radical (unpaired) electrons. The maximum absolute atomic E-state index is 14.0. The fourth-order valence-electron chi connectivity index (χ4n) is 3.86. The third-order valence-corrected chi connectivity index (χ3v) is 5.90. The fraction of sp³-hybridized carbons (Fsp3) is 0.0769. The van der Waals surface area contributed by atoms with E-state index in [2.05, 4.69) is 25.5 Å². The van der Waals surface area contributed by atoms with Crippen molar-refractivity contribution in [2.24, 2.45) is 0 Å². The number of pyridine rings is 2. The first-order chi connectivity index (χ1) is 19.0. The van der Waals surface area contributed by atoms with Gasteiger partial charge in [-0.2, -0.15) is 18.3 Å². The normalized spacial score (nSPS) is 11.6. The number of amides is 1. The second-order valence-corrected chi connectivity index (χ2v) is 8.60.